The molecule has 68 valence electrons. The zero-order valence-corrected chi connectivity index (χ0v) is 7.55. The van der Waals surface area contributed by atoms with Crippen molar-refractivity contribution >= 4 is 11.7 Å². The van der Waals surface area contributed by atoms with Crippen LogP contribution in [0.3, 0.4) is 0 Å². The highest BCUT2D eigenvalue weighted by Crippen LogP contribution is 2.22. The molecule has 0 radical (unpaired) electrons. The molecule has 1 aliphatic heterocycles. The summed E-state index contributed by atoms with van der Waals surface area (Å²) in [6, 6.07) is 0. The standard InChI is InChI=1S/C8H15N3O/c1-8(2,5-6(9)12)7-10-3-4-11-7/h3-5H2,1-2H3,(H2,9,12)(H,10,11). The van der Waals surface area contributed by atoms with Crippen molar-refractivity contribution in [1.29, 1.82) is 0 Å². The minimum absolute atomic E-state index is 0.234. The quantitative estimate of drug-likeness (QED) is 0.619. The van der Waals surface area contributed by atoms with Gasteiger partial charge in [-0.3, -0.25) is 9.79 Å². The second kappa shape index (κ2) is 3.13. The fourth-order valence-corrected chi connectivity index (χ4v) is 1.37. The molecule has 0 aromatic carbocycles. The van der Waals surface area contributed by atoms with E-state index in [1.54, 1.807) is 0 Å². The summed E-state index contributed by atoms with van der Waals surface area (Å²) >= 11 is 0. The van der Waals surface area contributed by atoms with Crippen molar-refractivity contribution in [3.05, 3.63) is 0 Å². The van der Waals surface area contributed by atoms with Gasteiger partial charge < -0.3 is 11.1 Å². The summed E-state index contributed by atoms with van der Waals surface area (Å²) in [5.41, 5.74) is 4.89. The van der Waals surface area contributed by atoms with Gasteiger partial charge in [0.2, 0.25) is 5.91 Å². The zero-order valence-electron chi connectivity index (χ0n) is 7.55. The number of carbonyl (C=O) groups excluding carboxylic acids is 1. The number of aliphatic imine (C=N–C) groups is 1. The van der Waals surface area contributed by atoms with Crippen molar-refractivity contribution in [2.75, 3.05) is 13.1 Å². The lowest BCUT2D eigenvalue weighted by Crippen LogP contribution is -2.37. The first-order valence-electron chi connectivity index (χ1n) is 4.09. The lowest BCUT2D eigenvalue weighted by molar-refractivity contribution is -0.119. The summed E-state index contributed by atoms with van der Waals surface area (Å²) in [6.45, 7) is 5.61. The largest absolute Gasteiger partial charge is 0.372 e. The van der Waals surface area contributed by atoms with E-state index in [1.165, 1.54) is 0 Å². The first-order chi connectivity index (χ1) is 5.52. The van der Waals surface area contributed by atoms with Gasteiger partial charge in [-0.05, 0) is 0 Å². The molecule has 3 N–H and O–H groups in total. The number of nitrogens with zero attached hydrogens (tertiary/aromatic N) is 1. The third-order valence-corrected chi connectivity index (χ3v) is 1.93. The number of amidine groups is 1. The number of nitrogens with two attached hydrogens (primary N) is 1. The van der Waals surface area contributed by atoms with Gasteiger partial charge in [-0.1, -0.05) is 13.8 Å². The van der Waals surface area contributed by atoms with Crippen molar-refractivity contribution < 1.29 is 4.79 Å². The van der Waals surface area contributed by atoms with E-state index in [1.807, 2.05) is 13.8 Å². The van der Waals surface area contributed by atoms with Gasteiger partial charge >= 0.3 is 0 Å². The predicted molar refractivity (Wildman–Crippen MR) is 47.9 cm³/mol. The Bertz CT molecular complexity index is 220. The van der Waals surface area contributed by atoms with Crippen LogP contribution in [0.2, 0.25) is 0 Å². The minimum Gasteiger partial charge on any atom is -0.372 e. The topological polar surface area (TPSA) is 67.5 Å². The molecule has 0 aliphatic carbocycles. The van der Waals surface area contributed by atoms with E-state index in [0.29, 0.717) is 6.42 Å². The Morgan fingerprint density at radius 2 is 2.42 bits per heavy atom. The molecule has 1 amide bonds. The predicted octanol–water partition coefficient (Wildman–Crippen LogP) is -0.110. The third kappa shape index (κ3) is 1.96. The average Bonchev–Trinajstić information content (AvgIpc) is 2.32. The Morgan fingerprint density at radius 1 is 1.75 bits per heavy atom. The molecule has 0 fully saturated rings. The maximum Gasteiger partial charge on any atom is 0.218 e. The van der Waals surface area contributed by atoms with E-state index in [9.17, 15) is 4.79 Å². The average molecular weight is 169 g/mol. The number of nitrogens with one attached hydrogen (secondary N) is 1. The number of hydrogen-bond acceptors (Lipinski definition) is 3. The molecule has 1 rings (SSSR count). The maximum absolute atomic E-state index is 10.7. The van der Waals surface area contributed by atoms with Crippen LogP contribution in [0.4, 0.5) is 0 Å². The van der Waals surface area contributed by atoms with Gasteiger partial charge in [-0.15, -0.1) is 0 Å². The summed E-state index contributed by atoms with van der Waals surface area (Å²) < 4.78 is 0. The van der Waals surface area contributed by atoms with Crippen LogP contribution >= 0.6 is 0 Å². The van der Waals surface area contributed by atoms with Crippen LogP contribution in [0.25, 0.3) is 0 Å². The lowest BCUT2D eigenvalue weighted by Gasteiger charge is -2.22. The van der Waals surface area contributed by atoms with Gasteiger partial charge in [0.1, 0.15) is 5.84 Å². The van der Waals surface area contributed by atoms with E-state index in [0.717, 1.165) is 18.9 Å². The highest BCUT2D eigenvalue weighted by molar-refractivity contribution is 5.92. The Hall–Kier alpha value is -1.06. The van der Waals surface area contributed by atoms with Gasteiger partial charge in [0.25, 0.3) is 0 Å². The number of amides is 1. The SMILES string of the molecule is CC(C)(CC(N)=O)C1=NCCN1. The number of primary amides is 1. The Labute approximate surface area is 72.2 Å². The molecule has 1 aliphatic rings. The van der Waals surface area contributed by atoms with Gasteiger partial charge in [0, 0.05) is 18.4 Å². The first-order valence-corrected chi connectivity index (χ1v) is 4.09. The second-order valence-corrected chi connectivity index (χ2v) is 3.68. The highest BCUT2D eigenvalue weighted by Gasteiger charge is 2.28. The Kier molecular flexibility index (Phi) is 2.35. The maximum atomic E-state index is 10.7. The first kappa shape index (κ1) is 9.03. The van der Waals surface area contributed by atoms with E-state index >= 15 is 0 Å². The van der Waals surface area contributed by atoms with Crippen LogP contribution in [-0.4, -0.2) is 24.8 Å². The zero-order chi connectivity index (χ0) is 9.19. The minimum atomic E-state index is -0.281. The van der Waals surface area contributed by atoms with Crippen molar-refractivity contribution in [3.63, 3.8) is 0 Å². The summed E-state index contributed by atoms with van der Waals surface area (Å²) in [5, 5.41) is 3.14. The van der Waals surface area contributed by atoms with E-state index in [-0.39, 0.29) is 11.3 Å². The molecule has 0 spiro atoms. The summed E-state index contributed by atoms with van der Waals surface area (Å²) in [5.74, 6) is 0.623. The third-order valence-electron chi connectivity index (χ3n) is 1.93. The fourth-order valence-electron chi connectivity index (χ4n) is 1.37. The van der Waals surface area contributed by atoms with Crippen LogP contribution in [0.5, 0.6) is 0 Å². The summed E-state index contributed by atoms with van der Waals surface area (Å²) in [7, 11) is 0. The van der Waals surface area contributed by atoms with E-state index in [2.05, 4.69) is 10.3 Å². The van der Waals surface area contributed by atoms with Gasteiger partial charge in [-0.25, -0.2) is 0 Å². The molecule has 0 bridgehead atoms. The van der Waals surface area contributed by atoms with Crippen molar-refractivity contribution in [2.45, 2.75) is 20.3 Å². The Morgan fingerprint density at radius 3 is 2.83 bits per heavy atom. The van der Waals surface area contributed by atoms with Crippen molar-refractivity contribution in [1.82, 2.24) is 5.32 Å². The van der Waals surface area contributed by atoms with Crippen LogP contribution < -0.4 is 11.1 Å². The van der Waals surface area contributed by atoms with Crippen LogP contribution in [0, 0.1) is 5.41 Å². The number of hydrogen-bond donors (Lipinski definition) is 2. The molecule has 0 saturated carbocycles. The van der Waals surface area contributed by atoms with Crippen LogP contribution in [-0.2, 0) is 4.79 Å². The van der Waals surface area contributed by atoms with Gasteiger partial charge in [0.05, 0.1) is 6.54 Å². The molecule has 0 aromatic rings. The number of carbonyl (C=O) groups is 1. The van der Waals surface area contributed by atoms with Gasteiger partial charge in [0.15, 0.2) is 0 Å². The normalized spacial score (nSPS) is 17.0. The molecular weight excluding hydrogens is 154 g/mol. The smallest absolute Gasteiger partial charge is 0.218 e. The second-order valence-electron chi connectivity index (χ2n) is 3.68. The van der Waals surface area contributed by atoms with Gasteiger partial charge in [-0.2, -0.15) is 0 Å². The molecule has 1 heterocycles. The monoisotopic (exact) mass is 169 g/mol. The Balaban J connectivity index is 2.63. The lowest BCUT2D eigenvalue weighted by atomic mass is 9.87. The van der Waals surface area contributed by atoms with Crippen LogP contribution in [0.15, 0.2) is 4.99 Å². The molecule has 4 heteroatoms. The van der Waals surface area contributed by atoms with Crippen LogP contribution in [0.1, 0.15) is 20.3 Å². The fraction of sp³-hybridized carbons (Fsp3) is 0.750. The molecule has 0 unspecified atom stereocenters. The summed E-state index contributed by atoms with van der Waals surface area (Å²) in [4.78, 5) is 15.0. The molecular formula is C8H15N3O. The molecule has 0 saturated heterocycles. The number of rotatable bonds is 3. The molecule has 12 heavy (non-hydrogen) atoms. The van der Waals surface area contributed by atoms with Crippen molar-refractivity contribution in [3.8, 4) is 0 Å². The molecule has 0 aromatic heterocycles. The molecule has 0 atom stereocenters. The van der Waals surface area contributed by atoms with E-state index < -0.39 is 0 Å². The summed E-state index contributed by atoms with van der Waals surface area (Å²) in [6.07, 6.45) is 0.346. The highest BCUT2D eigenvalue weighted by atomic mass is 16.1. The van der Waals surface area contributed by atoms with E-state index in [4.69, 9.17) is 5.73 Å². The molecule has 4 nitrogen and oxygen atoms in total. The van der Waals surface area contributed by atoms with Crippen molar-refractivity contribution in [2.24, 2.45) is 16.1 Å².